The summed E-state index contributed by atoms with van der Waals surface area (Å²) in [6.45, 7) is 3.19. The van der Waals surface area contributed by atoms with E-state index in [9.17, 15) is 9.59 Å². The number of nitrogens with zero attached hydrogens (tertiary/aromatic N) is 3. The number of rotatable bonds is 4. The molecule has 3 aromatic heterocycles. The first-order valence-corrected chi connectivity index (χ1v) is 8.83. The number of aryl methyl sites for hydroxylation is 1. The lowest BCUT2D eigenvalue weighted by Gasteiger charge is -1.98. The van der Waals surface area contributed by atoms with Crippen molar-refractivity contribution < 1.29 is 9.59 Å². The molecule has 3 rings (SSSR count). The summed E-state index contributed by atoms with van der Waals surface area (Å²) in [4.78, 5) is 37.1. The third-order valence-electron chi connectivity index (χ3n) is 3.04. The maximum atomic E-state index is 12.4. The van der Waals surface area contributed by atoms with Gasteiger partial charge in [-0.25, -0.2) is 9.97 Å². The highest BCUT2D eigenvalue weighted by atomic mass is 35.5. The van der Waals surface area contributed by atoms with Gasteiger partial charge in [0.15, 0.2) is 16.1 Å². The highest BCUT2D eigenvalue weighted by molar-refractivity contribution is 7.19. The number of halogens is 1. The van der Waals surface area contributed by atoms with Gasteiger partial charge in [-0.3, -0.25) is 19.9 Å². The molecule has 0 bridgehead atoms. The number of carbonyl (C=O) groups excluding carboxylic acids is 2. The van der Waals surface area contributed by atoms with Gasteiger partial charge in [-0.2, -0.15) is 0 Å². The topological polar surface area (TPSA) is 84.8 Å². The van der Waals surface area contributed by atoms with Crippen LogP contribution in [0.1, 0.15) is 32.0 Å². The number of pyridine rings is 1. The predicted octanol–water partition coefficient (Wildman–Crippen LogP) is 4.08. The van der Waals surface area contributed by atoms with Gasteiger partial charge in [-0.1, -0.05) is 22.9 Å². The van der Waals surface area contributed by atoms with E-state index in [2.05, 4.69) is 20.3 Å². The number of hydrogen-bond acceptors (Lipinski definition) is 7. The molecular weight excluding hydrogens is 368 g/mol. The fourth-order valence-corrected chi connectivity index (χ4v) is 4.02. The van der Waals surface area contributed by atoms with Crippen LogP contribution in [0.2, 0.25) is 5.15 Å². The van der Waals surface area contributed by atoms with Crippen molar-refractivity contribution in [1.82, 2.24) is 15.0 Å². The van der Waals surface area contributed by atoms with Crippen LogP contribution in [0.15, 0.2) is 24.5 Å². The molecule has 3 heterocycles. The highest BCUT2D eigenvalue weighted by Gasteiger charge is 2.20. The Morgan fingerprint density at radius 2 is 2.00 bits per heavy atom. The summed E-state index contributed by atoms with van der Waals surface area (Å²) in [5.74, 6) is -0.489. The fraction of sp³-hybridized carbons (Fsp3) is 0.133. The van der Waals surface area contributed by atoms with Gasteiger partial charge in [0.1, 0.15) is 9.88 Å². The van der Waals surface area contributed by atoms with E-state index in [0.717, 1.165) is 16.9 Å². The third-order valence-corrected chi connectivity index (χ3v) is 5.70. The molecule has 1 N–H and O–H groups in total. The van der Waals surface area contributed by atoms with Crippen molar-refractivity contribution in [3.8, 4) is 10.6 Å². The molecule has 3 aromatic rings. The van der Waals surface area contributed by atoms with Crippen molar-refractivity contribution >= 4 is 51.1 Å². The summed E-state index contributed by atoms with van der Waals surface area (Å²) in [6.07, 6.45) is 3.31. The molecule has 24 heavy (non-hydrogen) atoms. The SMILES string of the molecule is CC(=O)c1sc(NC(=O)c2sc(-c3cccnc3)nc2Cl)nc1C. The summed E-state index contributed by atoms with van der Waals surface area (Å²) < 4.78 is 0. The molecule has 0 aliphatic heterocycles. The number of thiazole rings is 2. The van der Waals surface area contributed by atoms with E-state index in [1.807, 2.05) is 6.07 Å². The minimum absolute atomic E-state index is 0.0832. The van der Waals surface area contributed by atoms with E-state index < -0.39 is 5.91 Å². The minimum Gasteiger partial charge on any atom is -0.297 e. The van der Waals surface area contributed by atoms with Gasteiger partial charge in [0.2, 0.25) is 0 Å². The Morgan fingerprint density at radius 1 is 1.21 bits per heavy atom. The molecule has 9 heteroatoms. The van der Waals surface area contributed by atoms with E-state index >= 15 is 0 Å². The van der Waals surface area contributed by atoms with Crippen LogP contribution in [0.25, 0.3) is 10.6 Å². The fourth-order valence-electron chi connectivity index (χ4n) is 1.98. The van der Waals surface area contributed by atoms with Crippen molar-refractivity contribution in [3.05, 3.63) is 45.1 Å². The maximum Gasteiger partial charge on any atom is 0.270 e. The second kappa shape index (κ2) is 6.76. The van der Waals surface area contributed by atoms with Crippen molar-refractivity contribution in [2.24, 2.45) is 0 Å². The van der Waals surface area contributed by atoms with Crippen molar-refractivity contribution in [2.45, 2.75) is 13.8 Å². The van der Waals surface area contributed by atoms with Crippen LogP contribution in [-0.2, 0) is 0 Å². The molecule has 0 radical (unpaired) electrons. The molecule has 0 fully saturated rings. The predicted molar refractivity (Wildman–Crippen MR) is 95.2 cm³/mol. The number of anilines is 1. The summed E-state index contributed by atoms with van der Waals surface area (Å²) in [5, 5.41) is 3.75. The number of hydrogen-bond donors (Lipinski definition) is 1. The number of nitrogens with one attached hydrogen (secondary N) is 1. The number of carbonyl (C=O) groups is 2. The number of amides is 1. The Balaban J connectivity index is 1.84. The Morgan fingerprint density at radius 3 is 2.62 bits per heavy atom. The van der Waals surface area contributed by atoms with Crippen LogP contribution in [0.3, 0.4) is 0 Å². The summed E-state index contributed by atoms with van der Waals surface area (Å²) in [6, 6.07) is 3.62. The summed E-state index contributed by atoms with van der Waals surface area (Å²) in [7, 11) is 0. The third kappa shape index (κ3) is 3.35. The number of ketones is 1. The Kier molecular flexibility index (Phi) is 4.70. The zero-order chi connectivity index (χ0) is 17.3. The van der Waals surface area contributed by atoms with Crippen LogP contribution in [0.4, 0.5) is 5.13 Å². The Hall–Kier alpha value is -2.16. The van der Waals surface area contributed by atoms with Gasteiger partial charge < -0.3 is 0 Å². The monoisotopic (exact) mass is 378 g/mol. The van der Waals surface area contributed by atoms with E-state index in [1.54, 1.807) is 25.4 Å². The highest BCUT2D eigenvalue weighted by Crippen LogP contribution is 2.31. The minimum atomic E-state index is -0.406. The van der Waals surface area contributed by atoms with Crippen molar-refractivity contribution in [2.75, 3.05) is 5.32 Å². The van der Waals surface area contributed by atoms with Crippen LogP contribution in [0, 0.1) is 6.92 Å². The summed E-state index contributed by atoms with van der Waals surface area (Å²) >= 11 is 8.40. The first-order chi connectivity index (χ1) is 11.5. The Labute approximate surface area is 150 Å². The molecule has 0 saturated carbocycles. The molecular formula is C15H11ClN4O2S2. The van der Waals surface area contributed by atoms with E-state index in [0.29, 0.717) is 20.7 Å². The van der Waals surface area contributed by atoms with Crippen LogP contribution in [-0.4, -0.2) is 26.6 Å². The molecule has 0 unspecified atom stereocenters. The van der Waals surface area contributed by atoms with Gasteiger partial charge in [0.05, 0.1) is 10.6 Å². The molecule has 1 amide bonds. The zero-order valence-electron chi connectivity index (χ0n) is 12.7. The second-order valence-electron chi connectivity index (χ2n) is 4.82. The average molecular weight is 379 g/mol. The quantitative estimate of drug-likeness (QED) is 0.691. The molecule has 0 spiro atoms. The van der Waals surface area contributed by atoms with E-state index in [4.69, 9.17) is 11.6 Å². The molecule has 0 aromatic carbocycles. The molecule has 0 aliphatic carbocycles. The van der Waals surface area contributed by atoms with Crippen molar-refractivity contribution in [3.63, 3.8) is 0 Å². The zero-order valence-corrected chi connectivity index (χ0v) is 15.1. The summed E-state index contributed by atoms with van der Waals surface area (Å²) in [5.41, 5.74) is 1.38. The normalized spacial score (nSPS) is 10.6. The van der Waals surface area contributed by atoms with E-state index in [-0.39, 0.29) is 15.8 Å². The molecule has 0 saturated heterocycles. The molecule has 122 valence electrons. The second-order valence-corrected chi connectivity index (χ2v) is 7.18. The van der Waals surface area contributed by atoms with Crippen LogP contribution >= 0.6 is 34.3 Å². The van der Waals surface area contributed by atoms with Gasteiger partial charge in [-0.05, 0) is 19.1 Å². The van der Waals surface area contributed by atoms with Gasteiger partial charge in [0, 0.05) is 24.9 Å². The first-order valence-electron chi connectivity index (χ1n) is 6.82. The first kappa shape index (κ1) is 16.7. The van der Waals surface area contributed by atoms with E-state index in [1.165, 1.54) is 18.3 Å². The number of Topliss-reactive ketones (excluding diaryl/α,β-unsaturated/α-hetero) is 1. The lowest BCUT2D eigenvalue weighted by molar-refractivity contribution is 0.101. The van der Waals surface area contributed by atoms with Gasteiger partial charge in [-0.15, -0.1) is 11.3 Å². The molecule has 0 aliphatic rings. The van der Waals surface area contributed by atoms with Gasteiger partial charge >= 0.3 is 0 Å². The molecule has 6 nitrogen and oxygen atoms in total. The maximum absolute atomic E-state index is 12.4. The van der Waals surface area contributed by atoms with Gasteiger partial charge in [0.25, 0.3) is 5.91 Å². The average Bonchev–Trinajstić information content (AvgIpc) is 3.11. The molecule has 0 atom stereocenters. The van der Waals surface area contributed by atoms with Crippen LogP contribution in [0.5, 0.6) is 0 Å². The van der Waals surface area contributed by atoms with Crippen LogP contribution < -0.4 is 5.32 Å². The number of aromatic nitrogens is 3. The lowest BCUT2D eigenvalue weighted by Crippen LogP contribution is -2.10. The standard InChI is InChI=1S/C15H11ClN4O2S2/c1-7-10(8(2)21)24-15(18-7)20-13(22)11-12(16)19-14(23-11)9-4-3-5-17-6-9/h3-6H,1-2H3,(H,18,20,22). The Bertz CT molecular complexity index is 921. The lowest BCUT2D eigenvalue weighted by atomic mass is 10.3. The smallest absolute Gasteiger partial charge is 0.270 e. The van der Waals surface area contributed by atoms with Crippen molar-refractivity contribution in [1.29, 1.82) is 0 Å². The largest absolute Gasteiger partial charge is 0.297 e.